The summed E-state index contributed by atoms with van der Waals surface area (Å²) in [4.78, 5) is 3.99. The monoisotopic (exact) mass is 252 g/mol. The van der Waals surface area contributed by atoms with E-state index in [1.54, 1.807) is 19.2 Å². The zero-order chi connectivity index (χ0) is 12.2. The summed E-state index contributed by atoms with van der Waals surface area (Å²) in [5, 5.41) is 3.16. The maximum atomic E-state index is 12.1. The third-order valence-corrected chi connectivity index (χ3v) is 2.50. The van der Waals surface area contributed by atoms with Crippen LogP contribution in [0.3, 0.4) is 0 Å². The third kappa shape index (κ3) is 3.98. The van der Waals surface area contributed by atoms with Gasteiger partial charge in [-0.15, -0.1) is 0 Å². The summed E-state index contributed by atoms with van der Waals surface area (Å²) >= 11 is 5.86. The van der Waals surface area contributed by atoms with E-state index in [9.17, 15) is 13.2 Å². The molecule has 1 N–H and O–H groups in total. The number of hydrogen-bond donors (Lipinski definition) is 1. The molecule has 16 heavy (non-hydrogen) atoms. The quantitative estimate of drug-likeness (QED) is 0.889. The molecule has 0 radical (unpaired) electrons. The number of alkyl halides is 3. The smallest absolute Gasteiger partial charge is 0.312 e. The number of halogens is 4. The lowest BCUT2D eigenvalue weighted by molar-refractivity contribution is -0.136. The molecule has 1 atom stereocenters. The van der Waals surface area contributed by atoms with Crippen LogP contribution in [0.4, 0.5) is 13.2 Å². The van der Waals surface area contributed by atoms with Gasteiger partial charge in [0.2, 0.25) is 0 Å². The second-order valence-electron chi connectivity index (χ2n) is 3.37. The molecular weight excluding hydrogens is 241 g/mol. The molecule has 1 heterocycles. The Morgan fingerprint density at radius 1 is 1.50 bits per heavy atom. The van der Waals surface area contributed by atoms with Crippen molar-refractivity contribution in [3.05, 3.63) is 29.0 Å². The minimum absolute atomic E-state index is 0.0727. The fourth-order valence-corrected chi connectivity index (χ4v) is 1.63. The highest BCUT2D eigenvalue weighted by molar-refractivity contribution is 6.31. The van der Waals surface area contributed by atoms with Gasteiger partial charge in [-0.1, -0.05) is 11.6 Å². The first-order valence-corrected chi connectivity index (χ1v) is 5.16. The highest BCUT2D eigenvalue weighted by Gasteiger charge is 2.29. The molecule has 0 bridgehead atoms. The molecule has 1 aromatic rings. The van der Waals surface area contributed by atoms with Gasteiger partial charge in [-0.05, 0) is 25.6 Å². The first-order chi connectivity index (χ1) is 7.44. The largest absolute Gasteiger partial charge is 0.389 e. The molecule has 0 aliphatic heterocycles. The average molecular weight is 253 g/mol. The third-order valence-electron chi connectivity index (χ3n) is 2.18. The van der Waals surface area contributed by atoms with Crippen LogP contribution >= 0.6 is 11.6 Å². The molecule has 2 nitrogen and oxygen atoms in total. The molecule has 6 heteroatoms. The van der Waals surface area contributed by atoms with Crippen LogP contribution in [0.1, 0.15) is 24.6 Å². The number of nitrogens with one attached hydrogen (secondary N) is 1. The topological polar surface area (TPSA) is 24.9 Å². The van der Waals surface area contributed by atoms with Crippen molar-refractivity contribution in [2.24, 2.45) is 0 Å². The number of aromatic nitrogens is 1. The first kappa shape index (κ1) is 13.3. The molecular formula is C10H12ClF3N2. The number of rotatable bonds is 4. The van der Waals surface area contributed by atoms with Gasteiger partial charge in [0.1, 0.15) is 0 Å². The van der Waals surface area contributed by atoms with E-state index in [2.05, 4.69) is 10.3 Å². The summed E-state index contributed by atoms with van der Waals surface area (Å²) in [5.41, 5.74) is 0.455. The van der Waals surface area contributed by atoms with Gasteiger partial charge in [0.25, 0.3) is 0 Å². The summed E-state index contributed by atoms with van der Waals surface area (Å²) in [6.07, 6.45) is -3.57. The van der Waals surface area contributed by atoms with Crippen molar-refractivity contribution in [2.75, 3.05) is 7.05 Å². The van der Waals surface area contributed by atoms with E-state index in [1.807, 2.05) is 0 Å². The molecule has 0 amide bonds. The molecule has 0 spiro atoms. The average Bonchev–Trinajstić information content (AvgIpc) is 2.20. The zero-order valence-corrected chi connectivity index (χ0v) is 9.44. The lowest BCUT2D eigenvalue weighted by atomic mass is 10.1. The first-order valence-electron chi connectivity index (χ1n) is 4.78. The van der Waals surface area contributed by atoms with Crippen molar-refractivity contribution < 1.29 is 13.2 Å². The summed E-state index contributed by atoms with van der Waals surface area (Å²) in [5.74, 6) is 0. The van der Waals surface area contributed by atoms with Crippen LogP contribution in [-0.4, -0.2) is 18.2 Å². The SMILES string of the molecule is CNC(CCC(F)(F)F)c1ncccc1Cl. The fraction of sp³-hybridized carbons (Fsp3) is 0.500. The summed E-state index contributed by atoms with van der Waals surface area (Å²) in [6.45, 7) is 0. The van der Waals surface area contributed by atoms with E-state index in [-0.39, 0.29) is 6.42 Å². The lowest BCUT2D eigenvalue weighted by Crippen LogP contribution is -2.21. The molecule has 1 unspecified atom stereocenters. The van der Waals surface area contributed by atoms with Crippen molar-refractivity contribution in [3.8, 4) is 0 Å². The molecule has 0 aliphatic carbocycles. The van der Waals surface area contributed by atoms with Crippen molar-refractivity contribution in [2.45, 2.75) is 25.1 Å². The predicted octanol–water partition coefficient (Wildman–Crippen LogP) is 3.34. The Labute approximate surface area is 96.8 Å². The van der Waals surface area contributed by atoms with Gasteiger partial charge < -0.3 is 5.32 Å². The molecule has 0 fully saturated rings. The van der Waals surface area contributed by atoms with Crippen LogP contribution in [0, 0.1) is 0 Å². The van der Waals surface area contributed by atoms with E-state index < -0.39 is 18.6 Å². The molecule has 0 saturated carbocycles. The Kier molecular flexibility index (Phi) is 4.56. The fourth-order valence-electron chi connectivity index (χ4n) is 1.38. The van der Waals surface area contributed by atoms with Gasteiger partial charge in [-0.25, -0.2) is 0 Å². The van der Waals surface area contributed by atoms with Crippen LogP contribution in [0.5, 0.6) is 0 Å². The van der Waals surface area contributed by atoms with Crippen LogP contribution in [-0.2, 0) is 0 Å². The summed E-state index contributed by atoms with van der Waals surface area (Å²) < 4.78 is 36.3. The Hall–Kier alpha value is -0.810. The number of nitrogens with zero attached hydrogens (tertiary/aromatic N) is 1. The van der Waals surface area contributed by atoms with Crippen molar-refractivity contribution >= 4 is 11.6 Å². The lowest BCUT2D eigenvalue weighted by Gasteiger charge is -2.17. The Morgan fingerprint density at radius 2 is 2.19 bits per heavy atom. The van der Waals surface area contributed by atoms with E-state index in [4.69, 9.17) is 11.6 Å². The Balaban J connectivity index is 2.72. The van der Waals surface area contributed by atoms with E-state index >= 15 is 0 Å². The van der Waals surface area contributed by atoms with Crippen molar-refractivity contribution in [1.82, 2.24) is 10.3 Å². The van der Waals surface area contributed by atoms with Crippen LogP contribution in [0.15, 0.2) is 18.3 Å². The van der Waals surface area contributed by atoms with Gasteiger partial charge >= 0.3 is 6.18 Å². The molecule has 1 rings (SSSR count). The van der Waals surface area contributed by atoms with Gasteiger partial charge in [-0.2, -0.15) is 13.2 Å². The van der Waals surface area contributed by atoms with Gasteiger partial charge in [0.05, 0.1) is 16.8 Å². The van der Waals surface area contributed by atoms with Gasteiger partial charge in [-0.3, -0.25) is 4.98 Å². The number of hydrogen-bond acceptors (Lipinski definition) is 2. The van der Waals surface area contributed by atoms with E-state index in [0.29, 0.717) is 10.7 Å². The Bertz CT molecular complexity index is 341. The molecule has 0 aromatic carbocycles. The highest BCUT2D eigenvalue weighted by Crippen LogP contribution is 2.29. The van der Waals surface area contributed by atoms with Gasteiger partial charge in [0, 0.05) is 12.6 Å². The maximum absolute atomic E-state index is 12.1. The number of pyridine rings is 1. The minimum Gasteiger partial charge on any atom is -0.312 e. The van der Waals surface area contributed by atoms with E-state index in [0.717, 1.165) is 0 Å². The van der Waals surface area contributed by atoms with E-state index in [1.165, 1.54) is 6.20 Å². The Morgan fingerprint density at radius 3 is 2.69 bits per heavy atom. The van der Waals surface area contributed by atoms with Crippen LogP contribution in [0.2, 0.25) is 5.02 Å². The molecule has 0 saturated heterocycles. The summed E-state index contributed by atoms with van der Waals surface area (Å²) in [7, 11) is 1.59. The maximum Gasteiger partial charge on any atom is 0.389 e. The normalized spacial score (nSPS) is 13.8. The summed E-state index contributed by atoms with van der Waals surface area (Å²) in [6, 6.07) is 2.78. The predicted molar refractivity (Wildman–Crippen MR) is 56.3 cm³/mol. The van der Waals surface area contributed by atoms with Crippen LogP contribution < -0.4 is 5.32 Å². The van der Waals surface area contributed by atoms with Gasteiger partial charge in [0.15, 0.2) is 0 Å². The van der Waals surface area contributed by atoms with Crippen LogP contribution in [0.25, 0.3) is 0 Å². The second-order valence-corrected chi connectivity index (χ2v) is 3.77. The standard InChI is InChI=1S/C10H12ClF3N2/c1-15-8(4-5-10(12,13)14)9-7(11)3-2-6-16-9/h2-3,6,8,15H,4-5H2,1H3. The second kappa shape index (κ2) is 5.50. The molecule has 1 aromatic heterocycles. The highest BCUT2D eigenvalue weighted by atomic mass is 35.5. The zero-order valence-electron chi connectivity index (χ0n) is 8.68. The molecule has 90 valence electrons. The van der Waals surface area contributed by atoms with Crippen molar-refractivity contribution in [1.29, 1.82) is 0 Å². The minimum atomic E-state index is -4.16. The van der Waals surface area contributed by atoms with Crippen molar-refractivity contribution in [3.63, 3.8) is 0 Å². The molecule has 0 aliphatic rings.